The van der Waals surface area contributed by atoms with E-state index >= 15 is 0 Å². The molecular formula is C13H23N3OS. The van der Waals surface area contributed by atoms with Crippen molar-refractivity contribution in [3.05, 3.63) is 11.4 Å². The summed E-state index contributed by atoms with van der Waals surface area (Å²) in [5.74, 6) is 2.89. The van der Waals surface area contributed by atoms with E-state index in [9.17, 15) is 0 Å². The van der Waals surface area contributed by atoms with Gasteiger partial charge in [-0.1, -0.05) is 13.8 Å². The zero-order chi connectivity index (χ0) is 13.5. The number of hydrogen-bond acceptors (Lipinski definition) is 5. The Morgan fingerprint density at radius 3 is 2.67 bits per heavy atom. The summed E-state index contributed by atoms with van der Waals surface area (Å²) >= 11 is 1.69. The summed E-state index contributed by atoms with van der Waals surface area (Å²) in [7, 11) is 0. The molecule has 0 aromatic carbocycles. The first-order valence-corrected chi connectivity index (χ1v) is 7.39. The number of anilines is 1. The molecule has 0 fully saturated rings. The zero-order valence-corrected chi connectivity index (χ0v) is 12.5. The molecule has 1 atom stereocenters. The normalized spacial score (nSPS) is 12.5. The second kappa shape index (κ2) is 7.59. The molecule has 0 amide bonds. The van der Waals surface area contributed by atoms with Crippen LogP contribution in [0.5, 0.6) is 0 Å². The standard InChI is InChI=1S/C13H23N3OS/c1-5-6-14-12-10(3)13(16-11(4)15-12)18-8-9(2)7-17/h9,17H,5-8H2,1-4H3,(H,14,15,16). The van der Waals surface area contributed by atoms with Gasteiger partial charge < -0.3 is 10.4 Å². The number of aryl methyl sites for hydroxylation is 1. The summed E-state index contributed by atoms with van der Waals surface area (Å²) < 4.78 is 0. The van der Waals surface area contributed by atoms with E-state index in [-0.39, 0.29) is 12.5 Å². The molecule has 1 unspecified atom stereocenters. The van der Waals surface area contributed by atoms with Gasteiger partial charge in [0.25, 0.3) is 0 Å². The van der Waals surface area contributed by atoms with Crippen LogP contribution in [-0.4, -0.2) is 34.0 Å². The van der Waals surface area contributed by atoms with Crippen LogP contribution < -0.4 is 5.32 Å². The number of nitrogens with zero attached hydrogens (tertiary/aromatic N) is 2. The molecule has 0 saturated heterocycles. The average Bonchev–Trinajstić information content (AvgIpc) is 2.37. The van der Waals surface area contributed by atoms with E-state index in [1.807, 2.05) is 20.8 Å². The Bertz CT molecular complexity index is 385. The van der Waals surface area contributed by atoms with E-state index in [4.69, 9.17) is 5.11 Å². The number of thioether (sulfide) groups is 1. The fraction of sp³-hybridized carbons (Fsp3) is 0.692. The third kappa shape index (κ3) is 4.46. The van der Waals surface area contributed by atoms with Crippen LogP contribution in [0.15, 0.2) is 5.03 Å². The molecule has 0 saturated carbocycles. The number of nitrogens with one attached hydrogen (secondary N) is 1. The third-order valence-electron chi connectivity index (χ3n) is 2.57. The highest BCUT2D eigenvalue weighted by atomic mass is 32.2. The SMILES string of the molecule is CCCNc1nc(C)nc(SCC(C)CO)c1C. The Morgan fingerprint density at radius 2 is 2.06 bits per heavy atom. The first-order valence-electron chi connectivity index (χ1n) is 6.41. The predicted molar refractivity (Wildman–Crippen MR) is 77.3 cm³/mol. The highest BCUT2D eigenvalue weighted by Gasteiger charge is 2.10. The molecule has 1 rings (SSSR count). The van der Waals surface area contributed by atoms with Crippen molar-refractivity contribution >= 4 is 17.6 Å². The van der Waals surface area contributed by atoms with Crippen molar-refractivity contribution < 1.29 is 5.11 Å². The molecule has 5 heteroatoms. The summed E-state index contributed by atoms with van der Waals surface area (Å²) in [4.78, 5) is 8.91. The molecule has 0 radical (unpaired) electrons. The van der Waals surface area contributed by atoms with Crippen LogP contribution in [0.4, 0.5) is 5.82 Å². The van der Waals surface area contributed by atoms with E-state index < -0.39 is 0 Å². The molecule has 0 aliphatic carbocycles. The molecular weight excluding hydrogens is 246 g/mol. The van der Waals surface area contributed by atoms with Gasteiger partial charge in [0.15, 0.2) is 0 Å². The number of hydrogen-bond donors (Lipinski definition) is 2. The lowest BCUT2D eigenvalue weighted by Crippen LogP contribution is -2.08. The molecule has 0 spiro atoms. The molecule has 1 aromatic rings. The van der Waals surface area contributed by atoms with Crippen molar-refractivity contribution in [3.8, 4) is 0 Å². The van der Waals surface area contributed by atoms with Crippen LogP contribution in [0.3, 0.4) is 0 Å². The van der Waals surface area contributed by atoms with E-state index in [1.54, 1.807) is 11.8 Å². The number of aromatic nitrogens is 2. The summed E-state index contributed by atoms with van der Waals surface area (Å²) in [5, 5.41) is 13.4. The molecule has 1 aromatic heterocycles. The van der Waals surface area contributed by atoms with E-state index in [0.717, 1.165) is 41.0 Å². The van der Waals surface area contributed by atoms with Gasteiger partial charge >= 0.3 is 0 Å². The van der Waals surface area contributed by atoms with Gasteiger partial charge in [-0.25, -0.2) is 9.97 Å². The number of rotatable bonds is 7. The van der Waals surface area contributed by atoms with Gasteiger partial charge in [0.05, 0.1) is 0 Å². The van der Waals surface area contributed by atoms with E-state index in [0.29, 0.717) is 0 Å². The van der Waals surface area contributed by atoms with Gasteiger partial charge in [-0.05, 0) is 26.2 Å². The number of aliphatic hydroxyl groups excluding tert-OH is 1. The van der Waals surface area contributed by atoms with Crippen molar-refractivity contribution in [2.75, 3.05) is 24.2 Å². The fourth-order valence-electron chi connectivity index (χ4n) is 1.43. The Kier molecular flexibility index (Phi) is 6.43. The Hall–Kier alpha value is -0.810. The fourth-order valence-corrected chi connectivity index (χ4v) is 2.49. The van der Waals surface area contributed by atoms with Gasteiger partial charge in [0.2, 0.25) is 0 Å². The minimum Gasteiger partial charge on any atom is -0.396 e. The summed E-state index contributed by atoms with van der Waals surface area (Å²) in [6.45, 7) is 9.27. The Balaban J connectivity index is 2.80. The Labute approximate surface area is 114 Å². The predicted octanol–water partition coefficient (Wildman–Crippen LogP) is 2.64. The molecule has 0 bridgehead atoms. The number of aliphatic hydroxyl groups is 1. The second-order valence-electron chi connectivity index (χ2n) is 4.58. The van der Waals surface area contributed by atoms with Crippen LogP contribution in [0.25, 0.3) is 0 Å². The maximum atomic E-state index is 9.05. The molecule has 4 nitrogen and oxygen atoms in total. The van der Waals surface area contributed by atoms with Crippen LogP contribution in [-0.2, 0) is 0 Å². The highest BCUT2D eigenvalue weighted by Crippen LogP contribution is 2.26. The zero-order valence-electron chi connectivity index (χ0n) is 11.7. The molecule has 102 valence electrons. The first kappa shape index (κ1) is 15.2. The lowest BCUT2D eigenvalue weighted by Gasteiger charge is -2.13. The van der Waals surface area contributed by atoms with Gasteiger partial charge in [-0.3, -0.25) is 0 Å². The minimum absolute atomic E-state index is 0.219. The van der Waals surface area contributed by atoms with E-state index in [1.165, 1.54) is 0 Å². The third-order valence-corrected chi connectivity index (χ3v) is 3.98. The van der Waals surface area contributed by atoms with Crippen molar-refractivity contribution in [1.29, 1.82) is 0 Å². The van der Waals surface area contributed by atoms with Crippen molar-refractivity contribution in [3.63, 3.8) is 0 Å². The monoisotopic (exact) mass is 269 g/mol. The van der Waals surface area contributed by atoms with Gasteiger partial charge in [0.1, 0.15) is 16.7 Å². The van der Waals surface area contributed by atoms with Crippen LogP contribution in [0.1, 0.15) is 31.7 Å². The van der Waals surface area contributed by atoms with Gasteiger partial charge in [-0.15, -0.1) is 11.8 Å². The highest BCUT2D eigenvalue weighted by molar-refractivity contribution is 7.99. The van der Waals surface area contributed by atoms with Gasteiger partial charge in [0, 0.05) is 24.5 Å². The molecule has 1 heterocycles. The second-order valence-corrected chi connectivity index (χ2v) is 5.58. The molecule has 2 N–H and O–H groups in total. The lowest BCUT2D eigenvalue weighted by molar-refractivity contribution is 0.250. The van der Waals surface area contributed by atoms with Crippen molar-refractivity contribution in [2.45, 2.75) is 39.1 Å². The smallest absolute Gasteiger partial charge is 0.133 e. The quantitative estimate of drug-likeness (QED) is 0.588. The van der Waals surface area contributed by atoms with Crippen LogP contribution >= 0.6 is 11.8 Å². The summed E-state index contributed by atoms with van der Waals surface area (Å²) in [6.07, 6.45) is 1.08. The Morgan fingerprint density at radius 1 is 1.33 bits per heavy atom. The lowest BCUT2D eigenvalue weighted by atomic mass is 10.2. The first-order chi connectivity index (χ1) is 8.58. The molecule has 0 aliphatic heterocycles. The summed E-state index contributed by atoms with van der Waals surface area (Å²) in [5.41, 5.74) is 1.10. The van der Waals surface area contributed by atoms with E-state index in [2.05, 4.69) is 22.2 Å². The summed E-state index contributed by atoms with van der Waals surface area (Å²) in [6, 6.07) is 0. The van der Waals surface area contributed by atoms with Crippen LogP contribution in [0.2, 0.25) is 0 Å². The molecule has 18 heavy (non-hydrogen) atoms. The topological polar surface area (TPSA) is 58.0 Å². The van der Waals surface area contributed by atoms with Crippen molar-refractivity contribution in [2.24, 2.45) is 5.92 Å². The average molecular weight is 269 g/mol. The van der Waals surface area contributed by atoms with Crippen LogP contribution in [0, 0.1) is 19.8 Å². The minimum atomic E-state index is 0.219. The largest absolute Gasteiger partial charge is 0.396 e. The van der Waals surface area contributed by atoms with Crippen molar-refractivity contribution in [1.82, 2.24) is 9.97 Å². The molecule has 0 aliphatic rings. The maximum absolute atomic E-state index is 9.05. The maximum Gasteiger partial charge on any atom is 0.133 e. The van der Waals surface area contributed by atoms with Gasteiger partial charge in [-0.2, -0.15) is 0 Å².